The van der Waals surface area contributed by atoms with Crippen molar-refractivity contribution < 1.29 is 14.7 Å². The number of carboxylic acids is 1. The number of fused-ring (bicyclic) bond motifs is 1. The standard InChI is InChI=1S/C13H15NO3/c1-8(13(16)17)12(15)14-11-6-9-4-2-3-5-10(9)7-11/h2-5,8,11H,6-7H2,1H3,(H,14,15)(H,16,17). The maximum atomic E-state index is 11.6. The zero-order valence-corrected chi connectivity index (χ0v) is 9.64. The van der Waals surface area contributed by atoms with Crippen molar-refractivity contribution in [1.82, 2.24) is 5.32 Å². The van der Waals surface area contributed by atoms with Gasteiger partial charge in [0.15, 0.2) is 0 Å². The molecule has 0 spiro atoms. The van der Waals surface area contributed by atoms with Crippen LogP contribution in [0.25, 0.3) is 0 Å². The van der Waals surface area contributed by atoms with E-state index in [9.17, 15) is 9.59 Å². The maximum Gasteiger partial charge on any atom is 0.315 e. The molecule has 4 heteroatoms. The van der Waals surface area contributed by atoms with Gasteiger partial charge in [-0.25, -0.2) is 0 Å². The van der Waals surface area contributed by atoms with Crippen LogP contribution in [0.5, 0.6) is 0 Å². The Bertz CT molecular complexity index is 431. The largest absolute Gasteiger partial charge is 0.481 e. The zero-order chi connectivity index (χ0) is 12.4. The lowest BCUT2D eigenvalue weighted by molar-refractivity contribution is -0.146. The van der Waals surface area contributed by atoms with Crippen LogP contribution in [-0.2, 0) is 22.4 Å². The molecule has 4 nitrogen and oxygen atoms in total. The first-order chi connectivity index (χ1) is 8.08. The third-order valence-electron chi connectivity index (χ3n) is 3.16. The maximum absolute atomic E-state index is 11.6. The van der Waals surface area contributed by atoms with Gasteiger partial charge >= 0.3 is 5.97 Å². The fraction of sp³-hybridized carbons (Fsp3) is 0.385. The SMILES string of the molecule is CC(C(=O)O)C(=O)NC1Cc2ccccc2C1. The van der Waals surface area contributed by atoms with Crippen molar-refractivity contribution in [2.45, 2.75) is 25.8 Å². The molecule has 2 N–H and O–H groups in total. The topological polar surface area (TPSA) is 66.4 Å². The third kappa shape index (κ3) is 2.46. The third-order valence-corrected chi connectivity index (χ3v) is 3.16. The Morgan fingerprint density at radius 1 is 1.29 bits per heavy atom. The highest BCUT2D eigenvalue weighted by Crippen LogP contribution is 2.21. The van der Waals surface area contributed by atoms with Crippen molar-refractivity contribution in [3.05, 3.63) is 35.4 Å². The summed E-state index contributed by atoms with van der Waals surface area (Å²) in [6.07, 6.45) is 1.57. The molecule has 0 bridgehead atoms. The second-order valence-corrected chi connectivity index (χ2v) is 4.44. The number of hydrogen-bond acceptors (Lipinski definition) is 2. The minimum Gasteiger partial charge on any atom is -0.481 e. The Hall–Kier alpha value is -1.84. The Morgan fingerprint density at radius 2 is 1.82 bits per heavy atom. The molecule has 0 saturated carbocycles. The second-order valence-electron chi connectivity index (χ2n) is 4.44. The predicted molar refractivity (Wildman–Crippen MR) is 62.6 cm³/mol. The Labute approximate surface area is 99.6 Å². The smallest absolute Gasteiger partial charge is 0.315 e. The van der Waals surface area contributed by atoms with Crippen molar-refractivity contribution in [2.75, 3.05) is 0 Å². The molecule has 0 radical (unpaired) electrons. The summed E-state index contributed by atoms with van der Waals surface area (Å²) in [6, 6.07) is 8.07. The molecule has 0 aromatic heterocycles. The van der Waals surface area contributed by atoms with Gasteiger partial charge in [-0.3, -0.25) is 9.59 Å². The van der Waals surface area contributed by atoms with Gasteiger partial charge in [-0.1, -0.05) is 24.3 Å². The van der Waals surface area contributed by atoms with Crippen molar-refractivity contribution in [1.29, 1.82) is 0 Å². The first-order valence-corrected chi connectivity index (χ1v) is 5.68. The average molecular weight is 233 g/mol. The van der Waals surface area contributed by atoms with Crippen LogP contribution in [0.15, 0.2) is 24.3 Å². The van der Waals surface area contributed by atoms with Gasteiger partial charge in [-0.05, 0) is 30.9 Å². The lowest BCUT2D eigenvalue weighted by Gasteiger charge is -2.14. The number of aliphatic carboxylic acids is 1. The fourth-order valence-corrected chi connectivity index (χ4v) is 2.10. The summed E-state index contributed by atoms with van der Waals surface area (Å²) in [4.78, 5) is 22.3. The summed E-state index contributed by atoms with van der Waals surface area (Å²) in [5.74, 6) is -2.48. The van der Waals surface area contributed by atoms with Gasteiger partial charge in [-0.15, -0.1) is 0 Å². The van der Waals surface area contributed by atoms with E-state index in [-0.39, 0.29) is 6.04 Å². The number of benzene rings is 1. The van der Waals surface area contributed by atoms with Gasteiger partial charge in [0.05, 0.1) is 0 Å². The lowest BCUT2D eigenvalue weighted by Crippen LogP contribution is -2.40. The van der Waals surface area contributed by atoms with Crippen LogP contribution in [0.3, 0.4) is 0 Å². The number of hydrogen-bond donors (Lipinski definition) is 2. The molecule has 1 aliphatic carbocycles. The zero-order valence-electron chi connectivity index (χ0n) is 9.64. The molecule has 0 heterocycles. The summed E-state index contributed by atoms with van der Waals surface area (Å²) in [5, 5.41) is 11.5. The van der Waals surface area contributed by atoms with E-state index in [1.54, 1.807) is 0 Å². The number of carboxylic acid groups (broad SMARTS) is 1. The normalized spacial score (nSPS) is 16.3. The molecule has 0 fully saturated rings. The minimum absolute atomic E-state index is 0.0294. The van der Waals surface area contributed by atoms with Crippen LogP contribution in [0.1, 0.15) is 18.1 Å². The van der Waals surface area contributed by atoms with Crippen LogP contribution >= 0.6 is 0 Å². The Balaban J connectivity index is 1.96. The van der Waals surface area contributed by atoms with Crippen molar-refractivity contribution in [3.63, 3.8) is 0 Å². The molecule has 1 atom stereocenters. The molecule has 1 unspecified atom stereocenters. The Morgan fingerprint density at radius 3 is 2.29 bits per heavy atom. The van der Waals surface area contributed by atoms with Crippen molar-refractivity contribution in [2.24, 2.45) is 5.92 Å². The second kappa shape index (κ2) is 4.57. The van der Waals surface area contributed by atoms with E-state index in [0.29, 0.717) is 0 Å². The van der Waals surface area contributed by atoms with E-state index < -0.39 is 17.8 Å². The van der Waals surface area contributed by atoms with Gasteiger partial charge in [-0.2, -0.15) is 0 Å². The molecular weight excluding hydrogens is 218 g/mol. The summed E-state index contributed by atoms with van der Waals surface area (Å²) in [5.41, 5.74) is 2.47. The first kappa shape index (κ1) is 11.6. The molecule has 1 aliphatic rings. The summed E-state index contributed by atoms with van der Waals surface area (Å²) in [7, 11) is 0. The molecule has 1 aromatic carbocycles. The van der Waals surface area contributed by atoms with Crippen molar-refractivity contribution in [3.8, 4) is 0 Å². The van der Waals surface area contributed by atoms with E-state index in [2.05, 4.69) is 5.32 Å². The van der Waals surface area contributed by atoms with Gasteiger partial charge in [0, 0.05) is 6.04 Å². The van der Waals surface area contributed by atoms with Crippen LogP contribution in [0, 0.1) is 5.92 Å². The van der Waals surface area contributed by atoms with E-state index in [4.69, 9.17) is 5.11 Å². The molecular formula is C13H15NO3. The van der Waals surface area contributed by atoms with Crippen LogP contribution < -0.4 is 5.32 Å². The van der Waals surface area contributed by atoms with Crippen LogP contribution in [0.2, 0.25) is 0 Å². The number of rotatable bonds is 3. The van der Waals surface area contributed by atoms with Crippen LogP contribution in [-0.4, -0.2) is 23.0 Å². The molecule has 90 valence electrons. The quantitative estimate of drug-likeness (QED) is 0.765. The van der Waals surface area contributed by atoms with Crippen LogP contribution in [0.4, 0.5) is 0 Å². The van der Waals surface area contributed by atoms with Gasteiger partial charge in [0.2, 0.25) is 5.91 Å². The number of carbonyl (C=O) groups excluding carboxylic acids is 1. The van der Waals surface area contributed by atoms with Crippen molar-refractivity contribution >= 4 is 11.9 Å². The highest BCUT2D eigenvalue weighted by Gasteiger charge is 2.26. The molecule has 0 saturated heterocycles. The molecule has 1 aromatic rings. The highest BCUT2D eigenvalue weighted by molar-refractivity contribution is 5.96. The first-order valence-electron chi connectivity index (χ1n) is 5.68. The monoisotopic (exact) mass is 233 g/mol. The fourth-order valence-electron chi connectivity index (χ4n) is 2.10. The minimum atomic E-state index is -1.09. The van der Waals surface area contributed by atoms with E-state index in [0.717, 1.165) is 12.8 Å². The highest BCUT2D eigenvalue weighted by atomic mass is 16.4. The van der Waals surface area contributed by atoms with E-state index in [1.165, 1.54) is 18.1 Å². The number of carbonyl (C=O) groups is 2. The molecule has 1 amide bonds. The predicted octanol–water partition coefficient (Wildman–Crippen LogP) is 0.991. The van der Waals surface area contributed by atoms with E-state index >= 15 is 0 Å². The summed E-state index contributed by atoms with van der Waals surface area (Å²) < 4.78 is 0. The van der Waals surface area contributed by atoms with E-state index in [1.807, 2.05) is 24.3 Å². The summed E-state index contributed by atoms with van der Waals surface area (Å²) in [6.45, 7) is 1.40. The van der Waals surface area contributed by atoms with Gasteiger partial charge < -0.3 is 10.4 Å². The average Bonchev–Trinajstić information content (AvgIpc) is 2.69. The number of nitrogens with one attached hydrogen (secondary N) is 1. The lowest BCUT2D eigenvalue weighted by atomic mass is 10.1. The molecule has 2 rings (SSSR count). The Kier molecular flexibility index (Phi) is 3.13. The molecule has 17 heavy (non-hydrogen) atoms. The van der Waals surface area contributed by atoms with Gasteiger partial charge in [0.1, 0.15) is 5.92 Å². The molecule has 0 aliphatic heterocycles. The van der Waals surface area contributed by atoms with Gasteiger partial charge in [0.25, 0.3) is 0 Å². The number of amides is 1. The summed E-state index contributed by atoms with van der Waals surface area (Å²) >= 11 is 0.